The Kier molecular flexibility index (Phi) is 10.0. The molecule has 0 heterocycles. The van der Waals surface area contributed by atoms with E-state index >= 15 is 0 Å². The van der Waals surface area contributed by atoms with Crippen LogP contribution in [0.2, 0.25) is 0 Å². The number of amides is 1. The SMILES string of the molecule is COCCCN(CCOC)CCC(N)C(N)=O. The average Bonchev–Trinajstić information content (AvgIpc) is 2.31. The Morgan fingerprint density at radius 2 is 1.82 bits per heavy atom. The Morgan fingerprint density at radius 1 is 1.18 bits per heavy atom. The lowest BCUT2D eigenvalue weighted by atomic mass is 10.2. The molecule has 0 aromatic rings. The fraction of sp³-hybridized carbons (Fsp3) is 0.909. The average molecular weight is 247 g/mol. The van der Waals surface area contributed by atoms with Crippen LogP contribution in [0.1, 0.15) is 12.8 Å². The molecule has 1 amide bonds. The molecule has 0 aliphatic heterocycles. The molecule has 102 valence electrons. The fourth-order valence-corrected chi connectivity index (χ4v) is 1.45. The molecule has 0 aromatic heterocycles. The van der Waals surface area contributed by atoms with E-state index in [4.69, 9.17) is 20.9 Å². The van der Waals surface area contributed by atoms with E-state index in [1.165, 1.54) is 0 Å². The van der Waals surface area contributed by atoms with Crippen molar-refractivity contribution < 1.29 is 14.3 Å². The van der Waals surface area contributed by atoms with Crippen molar-refractivity contribution in [2.24, 2.45) is 11.5 Å². The predicted molar refractivity (Wildman–Crippen MR) is 66.6 cm³/mol. The van der Waals surface area contributed by atoms with Gasteiger partial charge in [0.15, 0.2) is 0 Å². The van der Waals surface area contributed by atoms with E-state index in [0.29, 0.717) is 13.0 Å². The summed E-state index contributed by atoms with van der Waals surface area (Å²) in [4.78, 5) is 13.0. The summed E-state index contributed by atoms with van der Waals surface area (Å²) < 4.78 is 10.0. The van der Waals surface area contributed by atoms with Crippen molar-refractivity contribution >= 4 is 5.91 Å². The topological polar surface area (TPSA) is 90.8 Å². The summed E-state index contributed by atoms with van der Waals surface area (Å²) in [5.74, 6) is -0.450. The third kappa shape index (κ3) is 9.05. The van der Waals surface area contributed by atoms with Crippen molar-refractivity contribution in [3.8, 4) is 0 Å². The van der Waals surface area contributed by atoms with Crippen LogP contribution in [0.3, 0.4) is 0 Å². The minimum absolute atomic E-state index is 0.450. The second-order valence-electron chi connectivity index (χ2n) is 3.98. The van der Waals surface area contributed by atoms with Crippen LogP contribution in [0.25, 0.3) is 0 Å². The zero-order valence-electron chi connectivity index (χ0n) is 10.9. The number of hydrogen-bond donors (Lipinski definition) is 2. The van der Waals surface area contributed by atoms with Crippen molar-refractivity contribution in [2.45, 2.75) is 18.9 Å². The lowest BCUT2D eigenvalue weighted by Gasteiger charge is -2.22. The molecule has 0 saturated carbocycles. The minimum atomic E-state index is -0.567. The number of nitrogens with zero attached hydrogens (tertiary/aromatic N) is 1. The molecule has 0 bridgehead atoms. The molecule has 0 aliphatic rings. The zero-order valence-corrected chi connectivity index (χ0v) is 10.9. The Hall–Kier alpha value is -0.690. The maximum Gasteiger partial charge on any atom is 0.234 e. The van der Waals surface area contributed by atoms with E-state index < -0.39 is 11.9 Å². The second-order valence-corrected chi connectivity index (χ2v) is 3.98. The van der Waals surface area contributed by atoms with Crippen LogP contribution in [-0.2, 0) is 14.3 Å². The molecule has 1 atom stereocenters. The quantitative estimate of drug-likeness (QED) is 0.465. The summed E-state index contributed by atoms with van der Waals surface area (Å²) in [6.45, 7) is 3.87. The predicted octanol–water partition coefficient (Wildman–Crippen LogP) is -0.826. The number of primary amides is 1. The molecule has 6 nitrogen and oxygen atoms in total. The Morgan fingerprint density at radius 3 is 2.35 bits per heavy atom. The highest BCUT2D eigenvalue weighted by Crippen LogP contribution is 1.97. The van der Waals surface area contributed by atoms with Crippen LogP contribution < -0.4 is 11.5 Å². The van der Waals surface area contributed by atoms with Crippen LogP contribution in [-0.4, -0.2) is 63.9 Å². The van der Waals surface area contributed by atoms with Gasteiger partial charge in [-0.2, -0.15) is 0 Å². The first-order valence-electron chi connectivity index (χ1n) is 5.87. The first-order valence-corrected chi connectivity index (χ1v) is 5.87. The molecule has 6 heteroatoms. The summed E-state index contributed by atoms with van der Waals surface area (Å²) in [5.41, 5.74) is 10.7. The summed E-state index contributed by atoms with van der Waals surface area (Å²) in [6.07, 6.45) is 1.53. The van der Waals surface area contributed by atoms with E-state index in [-0.39, 0.29) is 0 Å². The molecule has 0 fully saturated rings. The van der Waals surface area contributed by atoms with Gasteiger partial charge in [0, 0.05) is 40.5 Å². The maximum atomic E-state index is 10.8. The van der Waals surface area contributed by atoms with E-state index in [1.54, 1.807) is 14.2 Å². The van der Waals surface area contributed by atoms with E-state index in [2.05, 4.69) is 4.90 Å². The Balaban J connectivity index is 3.86. The van der Waals surface area contributed by atoms with Gasteiger partial charge in [0.1, 0.15) is 0 Å². The van der Waals surface area contributed by atoms with Crippen LogP contribution >= 0.6 is 0 Å². The molecule has 4 N–H and O–H groups in total. The van der Waals surface area contributed by atoms with Crippen LogP contribution in [0.15, 0.2) is 0 Å². The normalized spacial score (nSPS) is 12.9. The number of carbonyl (C=O) groups is 1. The minimum Gasteiger partial charge on any atom is -0.385 e. The second kappa shape index (κ2) is 10.5. The number of ether oxygens (including phenoxy) is 2. The van der Waals surface area contributed by atoms with Gasteiger partial charge in [-0.05, 0) is 12.8 Å². The largest absolute Gasteiger partial charge is 0.385 e. The van der Waals surface area contributed by atoms with Gasteiger partial charge in [-0.1, -0.05) is 0 Å². The van der Waals surface area contributed by atoms with E-state index in [9.17, 15) is 4.79 Å². The molecule has 0 radical (unpaired) electrons. The van der Waals surface area contributed by atoms with Crippen molar-refractivity contribution in [3.05, 3.63) is 0 Å². The van der Waals surface area contributed by atoms with Crippen molar-refractivity contribution in [3.63, 3.8) is 0 Å². The van der Waals surface area contributed by atoms with Gasteiger partial charge in [-0.25, -0.2) is 0 Å². The van der Waals surface area contributed by atoms with Crippen molar-refractivity contribution in [1.29, 1.82) is 0 Å². The first-order chi connectivity index (χ1) is 8.11. The van der Waals surface area contributed by atoms with Gasteiger partial charge in [-0.15, -0.1) is 0 Å². The fourth-order valence-electron chi connectivity index (χ4n) is 1.45. The number of nitrogens with two attached hydrogens (primary N) is 2. The van der Waals surface area contributed by atoms with Gasteiger partial charge in [0.05, 0.1) is 12.6 Å². The molecule has 17 heavy (non-hydrogen) atoms. The number of rotatable bonds is 11. The number of hydrogen-bond acceptors (Lipinski definition) is 5. The summed E-state index contributed by atoms with van der Waals surface area (Å²) in [5, 5.41) is 0. The molecule has 0 aromatic carbocycles. The van der Waals surface area contributed by atoms with Gasteiger partial charge >= 0.3 is 0 Å². The van der Waals surface area contributed by atoms with Crippen molar-refractivity contribution in [2.75, 3.05) is 47.1 Å². The highest BCUT2D eigenvalue weighted by Gasteiger charge is 2.12. The molecular formula is C11H25N3O3. The molecule has 1 unspecified atom stereocenters. The lowest BCUT2D eigenvalue weighted by molar-refractivity contribution is -0.119. The van der Waals surface area contributed by atoms with Crippen LogP contribution in [0, 0.1) is 0 Å². The monoisotopic (exact) mass is 247 g/mol. The summed E-state index contributed by atoms with van der Waals surface area (Å²) in [6, 6.07) is -0.567. The molecule has 0 rings (SSSR count). The maximum absolute atomic E-state index is 10.8. The first kappa shape index (κ1) is 16.3. The molecule has 0 saturated heterocycles. The van der Waals surface area contributed by atoms with Gasteiger partial charge in [-0.3, -0.25) is 4.79 Å². The Bertz CT molecular complexity index is 202. The highest BCUT2D eigenvalue weighted by atomic mass is 16.5. The van der Waals surface area contributed by atoms with E-state index in [1.807, 2.05) is 0 Å². The summed E-state index contributed by atoms with van der Waals surface area (Å²) in [7, 11) is 3.35. The van der Waals surface area contributed by atoms with E-state index in [0.717, 1.165) is 32.7 Å². The molecular weight excluding hydrogens is 222 g/mol. The standard InChI is InChI=1S/C11H25N3O3/c1-16-8-3-5-14(7-9-17-2)6-4-10(12)11(13)15/h10H,3-9,12H2,1-2H3,(H2,13,15). The number of carbonyl (C=O) groups excluding carboxylic acids is 1. The van der Waals surface area contributed by atoms with Crippen LogP contribution in [0.5, 0.6) is 0 Å². The highest BCUT2D eigenvalue weighted by molar-refractivity contribution is 5.79. The third-order valence-electron chi connectivity index (χ3n) is 2.56. The molecule has 0 aliphatic carbocycles. The number of methoxy groups -OCH3 is 2. The third-order valence-corrected chi connectivity index (χ3v) is 2.56. The van der Waals surface area contributed by atoms with Crippen molar-refractivity contribution in [1.82, 2.24) is 4.90 Å². The summed E-state index contributed by atoms with van der Waals surface area (Å²) >= 11 is 0. The van der Waals surface area contributed by atoms with Crippen LogP contribution in [0.4, 0.5) is 0 Å². The van der Waals surface area contributed by atoms with Gasteiger partial charge in [0.2, 0.25) is 5.91 Å². The Labute approximate surface area is 103 Å². The lowest BCUT2D eigenvalue weighted by Crippen LogP contribution is -2.40. The van der Waals surface area contributed by atoms with Gasteiger partial charge in [0.25, 0.3) is 0 Å². The molecule has 0 spiro atoms. The zero-order chi connectivity index (χ0) is 13.1. The smallest absolute Gasteiger partial charge is 0.234 e. The van der Waals surface area contributed by atoms with Gasteiger partial charge < -0.3 is 25.8 Å².